The minimum Gasteiger partial charge on any atom is -0.454 e. The molecule has 0 saturated carbocycles. The van der Waals surface area contributed by atoms with Crippen molar-refractivity contribution < 1.29 is 14.3 Å². The largest absolute Gasteiger partial charge is 0.454 e. The topological polar surface area (TPSA) is 63.7 Å². The van der Waals surface area contributed by atoms with Gasteiger partial charge in [-0.1, -0.05) is 18.2 Å². The van der Waals surface area contributed by atoms with Crippen LogP contribution in [-0.2, 0) is 4.79 Å². The van der Waals surface area contributed by atoms with Gasteiger partial charge in [0.05, 0.1) is 27.8 Å². The summed E-state index contributed by atoms with van der Waals surface area (Å²) in [4.78, 5) is 19.8. The maximum Gasteiger partial charge on any atom is 0.234 e. The predicted octanol–water partition coefficient (Wildman–Crippen LogP) is 4.08. The van der Waals surface area contributed by atoms with Crippen LogP contribution < -0.4 is 14.8 Å². The van der Waals surface area contributed by atoms with E-state index in [-0.39, 0.29) is 18.7 Å². The van der Waals surface area contributed by atoms with Crippen LogP contribution >= 0.6 is 11.3 Å². The number of nitrogens with zero attached hydrogens (tertiary/aromatic N) is 2. The Kier molecular flexibility index (Phi) is 5.31. The van der Waals surface area contributed by atoms with E-state index in [1.54, 1.807) is 11.3 Å². The Balaban J connectivity index is 1.19. The van der Waals surface area contributed by atoms with Crippen molar-refractivity contribution in [3.63, 3.8) is 0 Å². The molecule has 0 spiro atoms. The van der Waals surface area contributed by atoms with Crippen molar-refractivity contribution in [2.75, 3.05) is 26.4 Å². The summed E-state index contributed by atoms with van der Waals surface area (Å²) in [6.07, 6.45) is 2.22. The molecule has 1 N–H and O–H groups in total. The van der Waals surface area contributed by atoms with Gasteiger partial charge in [-0.15, -0.1) is 11.3 Å². The van der Waals surface area contributed by atoms with Crippen LogP contribution in [-0.4, -0.2) is 42.2 Å². The molecule has 3 aromatic rings. The number of carbonyl (C=O) groups is 1. The van der Waals surface area contributed by atoms with E-state index in [1.807, 2.05) is 31.2 Å². The Labute approximate surface area is 179 Å². The van der Waals surface area contributed by atoms with Crippen molar-refractivity contribution in [3.05, 3.63) is 53.0 Å². The number of thiazole rings is 1. The number of fused-ring (bicyclic) bond motifs is 2. The molecule has 2 atom stereocenters. The Morgan fingerprint density at radius 1 is 1.27 bits per heavy atom. The van der Waals surface area contributed by atoms with Gasteiger partial charge in [0.2, 0.25) is 12.7 Å². The minimum absolute atomic E-state index is 0.0464. The number of aromatic nitrogens is 1. The summed E-state index contributed by atoms with van der Waals surface area (Å²) in [7, 11) is 0. The van der Waals surface area contributed by atoms with Crippen molar-refractivity contribution in [2.45, 2.75) is 31.7 Å². The zero-order valence-corrected chi connectivity index (χ0v) is 17.8. The third-order valence-electron chi connectivity index (χ3n) is 5.81. The van der Waals surface area contributed by atoms with Crippen LogP contribution in [0.2, 0.25) is 0 Å². The highest BCUT2D eigenvalue weighted by Crippen LogP contribution is 2.34. The monoisotopic (exact) mass is 423 g/mol. The molecule has 0 radical (unpaired) electrons. The average Bonchev–Trinajstić information content (AvgIpc) is 3.40. The lowest BCUT2D eigenvalue weighted by molar-refractivity contribution is -0.123. The quantitative estimate of drug-likeness (QED) is 0.670. The number of nitrogens with one attached hydrogen (secondary N) is 1. The maximum atomic E-state index is 12.7. The molecule has 1 saturated heterocycles. The molecule has 2 aromatic carbocycles. The van der Waals surface area contributed by atoms with E-state index in [4.69, 9.17) is 14.5 Å². The standard InChI is InChI=1S/C23H25N3O3S/c1-15(16-8-9-19-20(11-16)29-14-28-19)24-22(27)13-26-10-4-5-17(12-26)23-25-18-6-2-3-7-21(18)30-23/h2-3,6-9,11,15,17H,4-5,10,12-14H2,1H3,(H,24,27)/t15-,17+/m0/s1. The van der Waals surface area contributed by atoms with Crippen molar-refractivity contribution in [1.82, 2.24) is 15.2 Å². The Morgan fingerprint density at radius 3 is 3.03 bits per heavy atom. The second-order valence-corrected chi connectivity index (χ2v) is 9.06. The van der Waals surface area contributed by atoms with E-state index in [9.17, 15) is 4.79 Å². The fraction of sp³-hybridized carbons (Fsp3) is 0.391. The first kappa shape index (κ1) is 19.3. The maximum absolute atomic E-state index is 12.7. The second-order valence-electron chi connectivity index (χ2n) is 8.00. The molecule has 0 unspecified atom stereocenters. The van der Waals surface area contributed by atoms with Crippen molar-refractivity contribution in [2.24, 2.45) is 0 Å². The first-order valence-corrected chi connectivity index (χ1v) is 11.2. The molecular formula is C23H25N3O3S. The van der Waals surface area contributed by atoms with Gasteiger partial charge in [-0.3, -0.25) is 9.69 Å². The molecule has 7 heteroatoms. The van der Waals surface area contributed by atoms with Crippen LogP contribution in [0.25, 0.3) is 10.2 Å². The summed E-state index contributed by atoms with van der Waals surface area (Å²) < 4.78 is 12.0. The number of carbonyl (C=O) groups excluding carboxylic acids is 1. The Morgan fingerprint density at radius 2 is 2.13 bits per heavy atom. The molecule has 1 fully saturated rings. The van der Waals surface area contributed by atoms with Crippen molar-refractivity contribution in [3.8, 4) is 11.5 Å². The molecule has 156 valence electrons. The molecule has 2 aliphatic heterocycles. The van der Waals surface area contributed by atoms with Crippen LogP contribution in [0.4, 0.5) is 0 Å². The minimum atomic E-state index is -0.0863. The van der Waals surface area contributed by atoms with Crippen LogP contribution in [0.1, 0.15) is 42.3 Å². The van der Waals surface area contributed by atoms with Gasteiger partial charge in [-0.2, -0.15) is 0 Å². The van der Waals surface area contributed by atoms with E-state index < -0.39 is 0 Å². The molecule has 0 aliphatic carbocycles. The van der Waals surface area contributed by atoms with E-state index in [0.717, 1.165) is 48.5 Å². The molecule has 1 aromatic heterocycles. The third-order valence-corrected chi connectivity index (χ3v) is 7.01. The summed E-state index contributed by atoms with van der Waals surface area (Å²) in [5.41, 5.74) is 2.09. The van der Waals surface area contributed by atoms with E-state index in [0.29, 0.717) is 12.5 Å². The van der Waals surface area contributed by atoms with E-state index >= 15 is 0 Å². The van der Waals surface area contributed by atoms with Crippen LogP contribution in [0.5, 0.6) is 11.5 Å². The molecule has 3 heterocycles. The van der Waals surface area contributed by atoms with Crippen molar-refractivity contribution in [1.29, 1.82) is 0 Å². The highest BCUT2D eigenvalue weighted by molar-refractivity contribution is 7.18. The first-order chi connectivity index (χ1) is 14.7. The summed E-state index contributed by atoms with van der Waals surface area (Å²) in [5, 5.41) is 4.31. The predicted molar refractivity (Wildman–Crippen MR) is 117 cm³/mol. The molecule has 0 bridgehead atoms. The van der Waals surface area contributed by atoms with Gasteiger partial charge in [0.15, 0.2) is 11.5 Å². The number of hydrogen-bond acceptors (Lipinski definition) is 6. The molecule has 30 heavy (non-hydrogen) atoms. The number of likely N-dealkylation sites (tertiary alicyclic amines) is 1. The highest BCUT2D eigenvalue weighted by Gasteiger charge is 2.26. The lowest BCUT2D eigenvalue weighted by Gasteiger charge is -2.31. The number of rotatable bonds is 5. The summed E-state index contributed by atoms with van der Waals surface area (Å²) in [6, 6.07) is 14.0. The van der Waals surface area contributed by atoms with E-state index in [1.165, 1.54) is 9.71 Å². The first-order valence-electron chi connectivity index (χ1n) is 10.4. The fourth-order valence-corrected chi connectivity index (χ4v) is 5.31. The number of para-hydroxylation sites is 1. The third kappa shape index (κ3) is 4.00. The van der Waals surface area contributed by atoms with Crippen LogP contribution in [0.15, 0.2) is 42.5 Å². The van der Waals surface area contributed by atoms with Gasteiger partial charge in [0.25, 0.3) is 0 Å². The van der Waals surface area contributed by atoms with Gasteiger partial charge >= 0.3 is 0 Å². The number of piperidine rings is 1. The number of benzene rings is 2. The SMILES string of the molecule is C[C@H](NC(=O)CN1CCC[C@@H](c2nc3ccccc3s2)C1)c1ccc2c(c1)OCO2. The van der Waals surface area contributed by atoms with Crippen molar-refractivity contribution >= 4 is 27.5 Å². The fourth-order valence-electron chi connectivity index (χ4n) is 4.22. The Bertz CT molecular complexity index is 1030. The van der Waals surface area contributed by atoms with E-state index in [2.05, 4.69) is 28.4 Å². The summed E-state index contributed by atoms with van der Waals surface area (Å²) in [5.74, 6) is 1.94. The molecule has 5 rings (SSSR count). The lowest BCUT2D eigenvalue weighted by atomic mass is 9.98. The zero-order chi connectivity index (χ0) is 20.5. The molecule has 1 amide bonds. The van der Waals surface area contributed by atoms with Gasteiger partial charge in [0, 0.05) is 12.5 Å². The van der Waals surface area contributed by atoms with Gasteiger partial charge in [-0.25, -0.2) is 4.98 Å². The number of amides is 1. The van der Waals surface area contributed by atoms with Crippen LogP contribution in [0.3, 0.4) is 0 Å². The number of hydrogen-bond donors (Lipinski definition) is 1. The van der Waals surface area contributed by atoms with Gasteiger partial charge in [-0.05, 0) is 56.1 Å². The summed E-state index contributed by atoms with van der Waals surface area (Å²) in [6.45, 7) is 4.50. The van der Waals surface area contributed by atoms with Gasteiger partial charge in [0.1, 0.15) is 0 Å². The smallest absolute Gasteiger partial charge is 0.234 e. The Hall–Kier alpha value is -2.64. The molecule has 2 aliphatic rings. The number of ether oxygens (including phenoxy) is 2. The molecule has 6 nitrogen and oxygen atoms in total. The summed E-state index contributed by atoms with van der Waals surface area (Å²) >= 11 is 1.78. The normalized spacial score (nSPS) is 19.7. The average molecular weight is 424 g/mol. The van der Waals surface area contributed by atoms with Crippen LogP contribution in [0, 0.1) is 0 Å². The second kappa shape index (κ2) is 8.24. The molecular weight excluding hydrogens is 398 g/mol. The van der Waals surface area contributed by atoms with Gasteiger partial charge < -0.3 is 14.8 Å². The zero-order valence-electron chi connectivity index (χ0n) is 17.0. The lowest BCUT2D eigenvalue weighted by Crippen LogP contribution is -2.42. The highest BCUT2D eigenvalue weighted by atomic mass is 32.1.